The second kappa shape index (κ2) is 5.58. The van der Waals surface area contributed by atoms with Crippen molar-refractivity contribution in [1.82, 2.24) is 24.7 Å². The third-order valence-corrected chi connectivity index (χ3v) is 2.96. The summed E-state index contributed by atoms with van der Waals surface area (Å²) in [6, 6.07) is 9.90. The van der Waals surface area contributed by atoms with Crippen LogP contribution in [0.15, 0.2) is 43.0 Å². The van der Waals surface area contributed by atoms with E-state index in [9.17, 15) is 0 Å². The van der Waals surface area contributed by atoms with Crippen LogP contribution in [0, 0.1) is 6.92 Å². The number of hydrogen-bond acceptors (Lipinski definition) is 6. The van der Waals surface area contributed by atoms with Gasteiger partial charge in [-0.1, -0.05) is 12.1 Å². The predicted octanol–water partition coefficient (Wildman–Crippen LogP) is 1.56. The first kappa shape index (κ1) is 13.0. The number of hydrogen-bond donors (Lipinski definition) is 2. The monoisotopic (exact) mass is 281 g/mol. The van der Waals surface area contributed by atoms with Gasteiger partial charge in [-0.05, 0) is 24.6 Å². The van der Waals surface area contributed by atoms with E-state index in [-0.39, 0.29) is 5.95 Å². The maximum atomic E-state index is 5.62. The fourth-order valence-electron chi connectivity index (χ4n) is 1.98. The Morgan fingerprint density at radius 1 is 1.19 bits per heavy atom. The molecule has 0 aliphatic heterocycles. The van der Waals surface area contributed by atoms with Crippen LogP contribution in [-0.2, 0) is 6.54 Å². The van der Waals surface area contributed by atoms with Gasteiger partial charge in [0.2, 0.25) is 5.95 Å². The van der Waals surface area contributed by atoms with Crippen LogP contribution in [-0.4, -0.2) is 24.7 Å². The Morgan fingerprint density at radius 2 is 2.00 bits per heavy atom. The standard InChI is InChI=1S/C14H15N7/c1-10-6-13(20-14(15)19-10)17-7-11-2-4-12(5-3-11)21-9-16-8-18-21/h2-6,8-9H,7H2,1H3,(H3,15,17,19,20). The van der Waals surface area contributed by atoms with Crippen molar-refractivity contribution >= 4 is 11.8 Å². The molecule has 0 bridgehead atoms. The Labute approximate surface area is 121 Å². The molecule has 0 radical (unpaired) electrons. The van der Waals surface area contributed by atoms with Crippen LogP contribution in [0.2, 0.25) is 0 Å². The summed E-state index contributed by atoms with van der Waals surface area (Å²) >= 11 is 0. The van der Waals surface area contributed by atoms with Crippen molar-refractivity contribution in [2.24, 2.45) is 0 Å². The van der Waals surface area contributed by atoms with Crippen molar-refractivity contribution in [1.29, 1.82) is 0 Å². The normalized spacial score (nSPS) is 10.5. The fraction of sp³-hybridized carbons (Fsp3) is 0.143. The van der Waals surface area contributed by atoms with Crippen molar-refractivity contribution in [3.8, 4) is 5.69 Å². The number of nitrogens with two attached hydrogens (primary N) is 1. The number of nitrogens with one attached hydrogen (secondary N) is 1. The number of benzene rings is 1. The Bertz CT molecular complexity index is 699. The molecule has 0 atom stereocenters. The van der Waals surface area contributed by atoms with Crippen LogP contribution in [0.25, 0.3) is 5.69 Å². The molecule has 3 N–H and O–H groups in total. The quantitative estimate of drug-likeness (QED) is 0.753. The molecule has 0 amide bonds. The molecule has 0 saturated heterocycles. The molecule has 3 aromatic rings. The third-order valence-electron chi connectivity index (χ3n) is 2.96. The zero-order valence-electron chi connectivity index (χ0n) is 11.6. The molecule has 3 rings (SSSR count). The summed E-state index contributed by atoms with van der Waals surface area (Å²) in [6.07, 6.45) is 3.18. The highest BCUT2D eigenvalue weighted by Crippen LogP contribution is 2.11. The van der Waals surface area contributed by atoms with Gasteiger partial charge < -0.3 is 11.1 Å². The maximum Gasteiger partial charge on any atom is 0.222 e. The minimum absolute atomic E-state index is 0.277. The van der Waals surface area contributed by atoms with E-state index in [4.69, 9.17) is 5.73 Å². The Balaban J connectivity index is 1.68. The van der Waals surface area contributed by atoms with Gasteiger partial charge in [0.05, 0.1) is 5.69 Å². The van der Waals surface area contributed by atoms with Crippen molar-refractivity contribution in [3.63, 3.8) is 0 Å². The summed E-state index contributed by atoms with van der Waals surface area (Å²) in [4.78, 5) is 12.1. The van der Waals surface area contributed by atoms with Crippen LogP contribution in [0.5, 0.6) is 0 Å². The van der Waals surface area contributed by atoms with Crippen LogP contribution < -0.4 is 11.1 Å². The number of aryl methyl sites for hydroxylation is 1. The van der Waals surface area contributed by atoms with Gasteiger partial charge in [-0.2, -0.15) is 10.1 Å². The number of rotatable bonds is 4. The number of nitrogens with zero attached hydrogens (tertiary/aromatic N) is 5. The first-order valence-electron chi connectivity index (χ1n) is 6.50. The van der Waals surface area contributed by atoms with Gasteiger partial charge in [-0.3, -0.25) is 0 Å². The highest BCUT2D eigenvalue weighted by molar-refractivity contribution is 5.41. The lowest BCUT2D eigenvalue weighted by molar-refractivity contribution is 0.877. The number of nitrogen functional groups attached to an aromatic ring is 1. The largest absolute Gasteiger partial charge is 0.368 e. The molecule has 106 valence electrons. The van der Waals surface area contributed by atoms with Crippen LogP contribution in [0.3, 0.4) is 0 Å². The molecule has 0 fully saturated rings. The number of anilines is 2. The minimum atomic E-state index is 0.277. The second-order valence-electron chi connectivity index (χ2n) is 4.61. The first-order valence-corrected chi connectivity index (χ1v) is 6.50. The van der Waals surface area contributed by atoms with E-state index < -0.39 is 0 Å². The molecular formula is C14H15N7. The molecule has 2 aromatic heterocycles. The van der Waals surface area contributed by atoms with Crippen molar-refractivity contribution in [3.05, 3.63) is 54.2 Å². The Hall–Kier alpha value is -2.96. The van der Waals surface area contributed by atoms with Gasteiger partial charge in [0.25, 0.3) is 0 Å². The summed E-state index contributed by atoms with van der Waals surface area (Å²) in [5.41, 5.74) is 8.57. The van der Waals surface area contributed by atoms with E-state index in [2.05, 4.69) is 25.4 Å². The molecule has 0 aliphatic carbocycles. The fourth-order valence-corrected chi connectivity index (χ4v) is 1.98. The van der Waals surface area contributed by atoms with Crippen molar-refractivity contribution in [2.75, 3.05) is 11.1 Å². The van der Waals surface area contributed by atoms with E-state index in [1.54, 1.807) is 11.0 Å². The average molecular weight is 281 g/mol. The molecule has 0 unspecified atom stereocenters. The Morgan fingerprint density at radius 3 is 2.67 bits per heavy atom. The van der Waals surface area contributed by atoms with Crippen molar-refractivity contribution in [2.45, 2.75) is 13.5 Å². The molecule has 7 heteroatoms. The molecular weight excluding hydrogens is 266 g/mol. The highest BCUT2D eigenvalue weighted by atomic mass is 15.3. The van der Waals surface area contributed by atoms with Crippen molar-refractivity contribution < 1.29 is 0 Å². The topological polar surface area (TPSA) is 94.5 Å². The molecule has 2 heterocycles. The van der Waals surface area contributed by atoms with Gasteiger partial charge in [0.15, 0.2) is 0 Å². The van der Waals surface area contributed by atoms with E-state index in [0.717, 1.165) is 22.8 Å². The molecule has 7 nitrogen and oxygen atoms in total. The average Bonchev–Trinajstić information content (AvgIpc) is 2.99. The van der Waals surface area contributed by atoms with E-state index in [1.807, 2.05) is 37.3 Å². The smallest absolute Gasteiger partial charge is 0.222 e. The van der Waals surface area contributed by atoms with E-state index >= 15 is 0 Å². The van der Waals surface area contributed by atoms with Gasteiger partial charge in [-0.15, -0.1) is 0 Å². The molecule has 1 aromatic carbocycles. The lowest BCUT2D eigenvalue weighted by Gasteiger charge is -2.08. The minimum Gasteiger partial charge on any atom is -0.368 e. The predicted molar refractivity (Wildman–Crippen MR) is 79.9 cm³/mol. The maximum absolute atomic E-state index is 5.62. The van der Waals surface area contributed by atoms with E-state index in [1.165, 1.54) is 6.33 Å². The lowest BCUT2D eigenvalue weighted by Crippen LogP contribution is -2.05. The molecule has 0 aliphatic rings. The van der Waals surface area contributed by atoms with Gasteiger partial charge in [0, 0.05) is 18.3 Å². The summed E-state index contributed by atoms with van der Waals surface area (Å²) in [6.45, 7) is 2.55. The van der Waals surface area contributed by atoms with Gasteiger partial charge in [0.1, 0.15) is 18.5 Å². The molecule has 0 spiro atoms. The first-order chi connectivity index (χ1) is 10.2. The van der Waals surface area contributed by atoms with Gasteiger partial charge in [-0.25, -0.2) is 14.6 Å². The second-order valence-corrected chi connectivity index (χ2v) is 4.61. The summed E-state index contributed by atoms with van der Waals surface area (Å²) in [7, 11) is 0. The zero-order chi connectivity index (χ0) is 14.7. The highest BCUT2D eigenvalue weighted by Gasteiger charge is 2.01. The van der Waals surface area contributed by atoms with Crippen LogP contribution >= 0.6 is 0 Å². The summed E-state index contributed by atoms with van der Waals surface area (Å²) in [5, 5.41) is 7.32. The molecule has 0 saturated carbocycles. The summed E-state index contributed by atoms with van der Waals surface area (Å²) in [5.74, 6) is 0.999. The zero-order valence-corrected chi connectivity index (χ0v) is 11.6. The Kier molecular flexibility index (Phi) is 3.46. The van der Waals surface area contributed by atoms with E-state index in [0.29, 0.717) is 6.54 Å². The summed E-state index contributed by atoms with van der Waals surface area (Å²) < 4.78 is 1.71. The SMILES string of the molecule is Cc1cc(NCc2ccc(-n3cncn3)cc2)nc(N)n1. The van der Waals surface area contributed by atoms with Crippen LogP contribution in [0.4, 0.5) is 11.8 Å². The molecule has 21 heavy (non-hydrogen) atoms. The van der Waals surface area contributed by atoms with Gasteiger partial charge >= 0.3 is 0 Å². The lowest BCUT2D eigenvalue weighted by atomic mass is 10.2. The van der Waals surface area contributed by atoms with Crippen LogP contribution in [0.1, 0.15) is 11.3 Å². The number of aromatic nitrogens is 5. The third kappa shape index (κ3) is 3.14.